The minimum atomic E-state index is 0.389. The molecule has 0 fully saturated rings. The van der Waals surface area contributed by atoms with E-state index in [1.165, 1.54) is 4.88 Å². The number of hydrogen-bond donors (Lipinski definition) is 1. The number of methoxy groups -OCH3 is 1. The molecule has 0 aliphatic heterocycles. The third kappa shape index (κ3) is 5.99. The standard InChI is InChI=1S/C14H26N2O2S/c1-5-7-15-11(2)14-12(3)16-13(19-14)6-8-18-10-9-17-4/h11,15H,5-10H2,1-4H3. The van der Waals surface area contributed by atoms with Crippen LogP contribution in [0.2, 0.25) is 0 Å². The molecule has 0 saturated carbocycles. The lowest BCUT2D eigenvalue weighted by atomic mass is 10.2. The van der Waals surface area contributed by atoms with E-state index in [-0.39, 0.29) is 0 Å². The van der Waals surface area contributed by atoms with Crippen LogP contribution in [0, 0.1) is 6.92 Å². The van der Waals surface area contributed by atoms with Gasteiger partial charge in [0, 0.05) is 24.4 Å². The first-order valence-corrected chi connectivity index (χ1v) is 7.77. The zero-order valence-corrected chi connectivity index (χ0v) is 13.3. The van der Waals surface area contributed by atoms with Gasteiger partial charge in [0.2, 0.25) is 0 Å². The van der Waals surface area contributed by atoms with Crippen molar-refractivity contribution in [3.63, 3.8) is 0 Å². The van der Waals surface area contributed by atoms with Gasteiger partial charge < -0.3 is 14.8 Å². The Bertz CT molecular complexity index is 355. The predicted octanol–water partition coefficient (Wildman–Crippen LogP) is 2.72. The van der Waals surface area contributed by atoms with Crippen molar-refractivity contribution >= 4 is 11.3 Å². The number of nitrogens with one attached hydrogen (secondary N) is 1. The highest BCUT2D eigenvalue weighted by Gasteiger charge is 2.13. The zero-order chi connectivity index (χ0) is 14.1. The number of thiazole rings is 1. The molecule has 1 aromatic heterocycles. The van der Waals surface area contributed by atoms with Crippen molar-refractivity contribution in [3.05, 3.63) is 15.6 Å². The minimum absolute atomic E-state index is 0.389. The molecule has 1 unspecified atom stereocenters. The Kier molecular flexibility index (Phi) is 8.21. The smallest absolute Gasteiger partial charge is 0.0954 e. The van der Waals surface area contributed by atoms with Gasteiger partial charge in [0.1, 0.15) is 0 Å². The molecule has 110 valence electrons. The molecule has 1 atom stereocenters. The van der Waals surface area contributed by atoms with Crippen molar-refractivity contribution < 1.29 is 9.47 Å². The third-order valence-electron chi connectivity index (χ3n) is 2.86. The Morgan fingerprint density at radius 1 is 1.32 bits per heavy atom. The molecule has 1 aromatic rings. The summed E-state index contributed by atoms with van der Waals surface area (Å²) in [6.07, 6.45) is 2.04. The van der Waals surface area contributed by atoms with E-state index >= 15 is 0 Å². The minimum Gasteiger partial charge on any atom is -0.382 e. The molecule has 5 heteroatoms. The van der Waals surface area contributed by atoms with E-state index < -0.39 is 0 Å². The van der Waals surface area contributed by atoms with Crippen molar-refractivity contribution in [3.8, 4) is 0 Å². The summed E-state index contributed by atoms with van der Waals surface area (Å²) in [5.74, 6) is 0. The van der Waals surface area contributed by atoms with E-state index in [9.17, 15) is 0 Å². The fourth-order valence-electron chi connectivity index (χ4n) is 1.83. The van der Waals surface area contributed by atoms with Crippen LogP contribution in [-0.4, -0.2) is 38.5 Å². The molecule has 0 amide bonds. The van der Waals surface area contributed by atoms with Gasteiger partial charge in [0.05, 0.1) is 30.5 Å². The Hall–Kier alpha value is -0.490. The zero-order valence-electron chi connectivity index (χ0n) is 12.5. The second-order valence-corrected chi connectivity index (χ2v) is 5.70. The summed E-state index contributed by atoms with van der Waals surface area (Å²) in [6.45, 7) is 9.55. The van der Waals surface area contributed by atoms with E-state index in [0.29, 0.717) is 25.9 Å². The predicted molar refractivity (Wildman–Crippen MR) is 80.0 cm³/mol. The summed E-state index contributed by atoms with van der Waals surface area (Å²) in [7, 11) is 1.69. The topological polar surface area (TPSA) is 43.4 Å². The molecule has 19 heavy (non-hydrogen) atoms. The molecule has 1 heterocycles. The fourth-order valence-corrected chi connectivity index (χ4v) is 2.91. The first-order valence-electron chi connectivity index (χ1n) is 6.95. The molecule has 0 aromatic carbocycles. The van der Waals surface area contributed by atoms with Gasteiger partial charge >= 0.3 is 0 Å². The van der Waals surface area contributed by atoms with Crippen LogP contribution in [0.25, 0.3) is 0 Å². The maximum Gasteiger partial charge on any atom is 0.0954 e. The molecule has 0 aliphatic rings. The Morgan fingerprint density at radius 3 is 2.79 bits per heavy atom. The lowest BCUT2D eigenvalue weighted by Gasteiger charge is -2.11. The molecule has 4 nitrogen and oxygen atoms in total. The highest BCUT2D eigenvalue weighted by Crippen LogP contribution is 2.25. The number of aryl methyl sites for hydroxylation is 1. The second kappa shape index (κ2) is 9.42. The van der Waals surface area contributed by atoms with Crippen molar-refractivity contribution in [1.82, 2.24) is 10.3 Å². The molecule has 0 radical (unpaired) electrons. The number of hydrogen-bond acceptors (Lipinski definition) is 5. The van der Waals surface area contributed by atoms with Crippen LogP contribution in [0.15, 0.2) is 0 Å². The lowest BCUT2D eigenvalue weighted by Crippen LogP contribution is -2.18. The summed E-state index contributed by atoms with van der Waals surface area (Å²) in [5, 5.41) is 4.67. The molecule has 0 bridgehead atoms. The van der Waals surface area contributed by atoms with Gasteiger partial charge in [-0.3, -0.25) is 0 Å². The highest BCUT2D eigenvalue weighted by atomic mass is 32.1. The van der Waals surface area contributed by atoms with Crippen LogP contribution in [0.5, 0.6) is 0 Å². The van der Waals surface area contributed by atoms with Gasteiger partial charge in [-0.15, -0.1) is 11.3 Å². The molecule has 0 aliphatic carbocycles. The van der Waals surface area contributed by atoms with Gasteiger partial charge in [-0.25, -0.2) is 4.98 Å². The van der Waals surface area contributed by atoms with Crippen LogP contribution in [-0.2, 0) is 15.9 Å². The highest BCUT2D eigenvalue weighted by molar-refractivity contribution is 7.11. The monoisotopic (exact) mass is 286 g/mol. The SMILES string of the molecule is CCCNC(C)c1sc(CCOCCOC)nc1C. The van der Waals surface area contributed by atoms with E-state index in [0.717, 1.165) is 30.1 Å². The average molecular weight is 286 g/mol. The second-order valence-electron chi connectivity index (χ2n) is 4.59. The van der Waals surface area contributed by atoms with Crippen molar-refractivity contribution in [1.29, 1.82) is 0 Å². The van der Waals surface area contributed by atoms with Crippen molar-refractivity contribution in [2.45, 2.75) is 39.7 Å². The summed E-state index contributed by atoms with van der Waals surface area (Å²) >= 11 is 1.80. The molecule has 0 spiro atoms. The Morgan fingerprint density at radius 2 is 2.11 bits per heavy atom. The van der Waals surface area contributed by atoms with E-state index in [1.54, 1.807) is 18.4 Å². The summed E-state index contributed by atoms with van der Waals surface area (Å²) in [4.78, 5) is 5.97. The number of ether oxygens (including phenoxy) is 2. The normalized spacial score (nSPS) is 12.8. The van der Waals surface area contributed by atoms with Crippen molar-refractivity contribution in [2.75, 3.05) is 33.5 Å². The van der Waals surface area contributed by atoms with E-state index in [2.05, 4.69) is 31.1 Å². The molecule has 0 saturated heterocycles. The first-order chi connectivity index (χ1) is 9.19. The largest absolute Gasteiger partial charge is 0.382 e. The van der Waals surface area contributed by atoms with Gasteiger partial charge in [-0.1, -0.05) is 6.92 Å². The molecule has 1 N–H and O–H groups in total. The van der Waals surface area contributed by atoms with Crippen LogP contribution >= 0.6 is 11.3 Å². The fraction of sp³-hybridized carbons (Fsp3) is 0.786. The van der Waals surface area contributed by atoms with Crippen LogP contribution in [0.3, 0.4) is 0 Å². The van der Waals surface area contributed by atoms with Gasteiger partial charge in [0.15, 0.2) is 0 Å². The van der Waals surface area contributed by atoms with E-state index in [1.807, 2.05) is 0 Å². The molecular formula is C14H26N2O2S. The van der Waals surface area contributed by atoms with Gasteiger partial charge in [0.25, 0.3) is 0 Å². The number of aromatic nitrogens is 1. The molecular weight excluding hydrogens is 260 g/mol. The maximum atomic E-state index is 5.48. The van der Waals surface area contributed by atoms with Gasteiger partial charge in [-0.05, 0) is 26.8 Å². The first kappa shape index (κ1) is 16.6. The van der Waals surface area contributed by atoms with Gasteiger partial charge in [-0.2, -0.15) is 0 Å². The summed E-state index contributed by atoms with van der Waals surface area (Å²) in [6, 6.07) is 0.389. The number of rotatable bonds is 10. The van der Waals surface area contributed by atoms with E-state index in [4.69, 9.17) is 9.47 Å². The van der Waals surface area contributed by atoms with Crippen LogP contribution in [0.4, 0.5) is 0 Å². The maximum absolute atomic E-state index is 5.48. The Balaban J connectivity index is 2.40. The van der Waals surface area contributed by atoms with Crippen molar-refractivity contribution in [2.24, 2.45) is 0 Å². The summed E-state index contributed by atoms with van der Waals surface area (Å²) in [5.41, 5.74) is 1.15. The Labute approximate surface area is 120 Å². The third-order valence-corrected chi connectivity index (χ3v) is 4.26. The summed E-state index contributed by atoms with van der Waals surface area (Å²) < 4.78 is 10.4. The number of nitrogens with zero attached hydrogens (tertiary/aromatic N) is 1. The average Bonchev–Trinajstić information content (AvgIpc) is 2.77. The van der Waals surface area contributed by atoms with Crippen LogP contribution < -0.4 is 5.32 Å². The lowest BCUT2D eigenvalue weighted by molar-refractivity contribution is 0.0722. The quantitative estimate of drug-likeness (QED) is 0.672. The molecule has 1 rings (SSSR count). The van der Waals surface area contributed by atoms with Crippen LogP contribution in [0.1, 0.15) is 41.9 Å².